The molecule has 0 N–H and O–H groups in total. The molecule has 0 spiro atoms. The third-order valence-corrected chi connectivity index (χ3v) is 9.75. The van der Waals surface area contributed by atoms with Crippen LogP contribution in [0, 0.1) is 0 Å². The van der Waals surface area contributed by atoms with Gasteiger partial charge >= 0.3 is 69.6 Å². The van der Waals surface area contributed by atoms with Crippen LogP contribution in [0.3, 0.4) is 0 Å². The second-order valence-electron chi connectivity index (χ2n) is 2.57. The molecule has 0 aliphatic heterocycles. The van der Waals surface area contributed by atoms with Crippen LogP contribution in [0.5, 0.6) is 0 Å². The molecular formula is C6H15ClSeSi. The first-order valence-corrected chi connectivity index (χ1v) is 11.1. The van der Waals surface area contributed by atoms with Gasteiger partial charge in [-0.2, -0.15) is 0 Å². The van der Waals surface area contributed by atoms with Gasteiger partial charge in [-0.05, 0) is 0 Å². The standard InChI is InChI=1S/C6H15ClSeSi/c1-4-5-6-8-9(2,3)7/h4-6H2,1-3H3. The Morgan fingerprint density at radius 3 is 2.33 bits per heavy atom. The van der Waals surface area contributed by atoms with Crippen LogP contribution in [0.25, 0.3) is 0 Å². The molecule has 0 amide bonds. The molecule has 0 aromatic heterocycles. The SMILES string of the molecule is CCCC[Se][Si](C)(C)Cl. The van der Waals surface area contributed by atoms with Gasteiger partial charge in [0.2, 0.25) is 0 Å². The van der Waals surface area contributed by atoms with E-state index in [0.717, 1.165) is 14.3 Å². The summed E-state index contributed by atoms with van der Waals surface area (Å²) in [6, 6.07) is 0. The summed E-state index contributed by atoms with van der Waals surface area (Å²) in [6.07, 6.45) is 2.70. The van der Waals surface area contributed by atoms with E-state index in [4.69, 9.17) is 11.1 Å². The minimum absolute atomic E-state index is 0.768. The third-order valence-electron chi connectivity index (χ3n) is 0.943. The molecule has 0 nitrogen and oxygen atoms in total. The molecule has 0 saturated heterocycles. The summed E-state index contributed by atoms with van der Waals surface area (Å²) in [5.41, 5.74) is 0. The molecule has 0 atom stereocenters. The Morgan fingerprint density at radius 1 is 1.44 bits per heavy atom. The predicted octanol–water partition coefficient (Wildman–Crippen LogP) is 2.85. The first-order chi connectivity index (χ1) is 4.06. The minimum atomic E-state index is -1.16. The molecule has 9 heavy (non-hydrogen) atoms. The van der Waals surface area contributed by atoms with Crippen molar-refractivity contribution < 1.29 is 0 Å². The van der Waals surface area contributed by atoms with Gasteiger partial charge in [-0.1, -0.05) is 0 Å². The number of rotatable bonds is 4. The van der Waals surface area contributed by atoms with Gasteiger partial charge in [0.25, 0.3) is 0 Å². The maximum absolute atomic E-state index is 6.14. The van der Waals surface area contributed by atoms with Crippen LogP contribution in [-0.2, 0) is 0 Å². The second-order valence-corrected chi connectivity index (χ2v) is 19.0. The van der Waals surface area contributed by atoms with Gasteiger partial charge in [0.15, 0.2) is 0 Å². The monoisotopic (exact) mass is 230 g/mol. The van der Waals surface area contributed by atoms with Crippen LogP contribution in [-0.4, -0.2) is 20.3 Å². The molecule has 0 saturated carbocycles. The van der Waals surface area contributed by atoms with Gasteiger partial charge in [0, 0.05) is 0 Å². The zero-order valence-corrected chi connectivity index (χ0v) is 9.88. The number of hydrogen-bond donors (Lipinski definition) is 0. The molecule has 0 unspecified atom stereocenters. The molecule has 0 aromatic carbocycles. The van der Waals surface area contributed by atoms with Gasteiger partial charge in [0.1, 0.15) is 0 Å². The van der Waals surface area contributed by atoms with Gasteiger partial charge in [-0.25, -0.2) is 0 Å². The predicted molar refractivity (Wildman–Crippen MR) is 48.8 cm³/mol. The van der Waals surface area contributed by atoms with Crippen LogP contribution in [0.2, 0.25) is 18.4 Å². The summed E-state index contributed by atoms with van der Waals surface area (Å²) in [5, 5.41) is 1.40. The number of unbranched alkanes of at least 4 members (excludes halogenated alkanes) is 1. The molecule has 0 heterocycles. The van der Waals surface area contributed by atoms with Crippen molar-refractivity contribution in [2.75, 3.05) is 0 Å². The Labute approximate surface area is 69.7 Å². The fourth-order valence-corrected chi connectivity index (χ4v) is 6.86. The molecule has 0 fully saturated rings. The Hall–Kier alpha value is 1.03. The van der Waals surface area contributed by atoms with Crippen molar-refractivity contribution in [1.82, 2.24) is 0 Å². The molecule has 0 aromatic rings. The van der Waals surface area contributed by atoms with E-state index in [-0.39, 0.29) is 0 Å². The van der Waals surface area contributed by atoms with Crippen molar-refractivity contribution in [3.63, 3.8) is 0 Å². The van der Waals surface area contributed by atoms with E-state index >= 15 is 0 Å². The van der Waals surface area contributed by atoms with Crippen LogP contribution in [0.15, 0.2) is 0 Å². The van der Waals surface area contributed by atoms with Crippen molar-refractivity contribution in [2.45, 2.75) is 38.2 Å². The van der Waals surface area contributed by atoms with E-state index in [1.54, 1.807) is 0 Å². The van der Waals surface area contributed by atoms with Crippen LogP contribution in [0.4, 0.5) is 0 Å². The van der Waals surface area contributed by atoms with Gasteiger partial charge in [-0.15, -0.1) is 0 Å². The molecule has 0 radical (unpaired) electrons. The number of hydrogen-bond acceptors (Lipinski definition) is 0. The Balaban J connectivity index is 3.07. The summed E-state index contributed by atoms with van der Waals surface area (Å²) >= 11 is 6.90. The number of halogens is 1. The summed E-state index contributed by atoms with van der Waals surface area (Å²) in [6.45, 7) is 6.72. The Bertz CT molecular complexity index is 69.9. The van der Waals surface area contributed by atoms with Crippen LogP contribution in [0.1, 0.15) is 19.8 Å². The van der Waals surface area contributed by atoms with Gasteiger partial charge in [0.05, 0.1) is 0 Å². The van der Waals surface area contributed by atoms with E-state index in [2.05, 4.69) is 20.0 Å². The van der Waals surface area contributed by atoms with E-state index in [1.807, 2.05) is 0 Å². The molecule has 56 valence electrons. The topological polar surface area (TPSA) is 0 Å². The van der Waals surface area contributed by atoms with E-state index in [0.29, 0.717) is 0 Å². The quantitative estimate of drug-likeness (QED) is 0.395. The van der Waals surface area contributed by atoms with Gasteiger partial charge < -0.3 is 0 Å². The fraction of sp³-hybridized carbons (Fsp3) is 1.00. The summed E-state index contributed by atoms with van der Waals surface area (Å²) in [5.74, 6) is -1.16. The summed E-state index contributed by atoms with van der Waals surface area (Å²) in [7, 11) is 0. The second kappa shape index (κ2) is 4.78. The molecule has 0 rings (SSSR count). The van der Waals surface area contributed by atoms with E-state index in [1.165, 1.54) is 18.2 Å². The van der Waals surface area contributed by atoms with E-state index in [9.17, 15) is 0 Å². The molecule has 0 aliphatic carbocycles. The Kier molecular flexibility index (Phi) is 5.33. The maximum atomic E-state index is 6.14. The van der Waals surface area contributed by atoms with Crippen molar-refractivity contribution in [1.29, 1.82) is 0 Å². The average Bonchev–Trinajstić information content (AvgIpc) is 1.63. The zero-order chi connectivity index (χ0) is 7.33. The van der Waals surface area contributed by atoms with E-state index < -0.39 is 5.99 Å². The van der Waals surface area contributed by atoms with Crippen molar-refractivity contribution in [3.8, 4) is 0 Å². The van der Waals surface area contributed by atoms with Crippen molar-refractivity contribution in [3.05, 3.63) is 0 Å². The first kappa shape index (κ1) is 10.0. The molecule has 3 heteroatoms. The molecule has 0 bridgehead atoms. The molecular weight excluding hydrogens is 215 g/mol. The van der Waals surface area contributed by atoms with Crippen LogP contribution < -0.4 is 0 Å². The summed E-state index contributed by atoms with van der Waals surface area (Å²) in [4.78, 5) is 0. The normalized spacial score (nSPS) is 12.0. The van der Waals surface area contributed by atoms with Crippen LogP contribution >= 0.6 is 11.1 Å². The van der Waals surface area contributed by atoms with Gasteiger partial charge in [-0.3, -0.25) is 0 Å². The fourth-order valence-electron chi connectivity index (χ4n) is 0.459. The zero-order valence-electron chi connectivity index (χ0n) is 6.41. The van der Waals surface area contributed by atoms with Crippen molar-refractivity contribution >= 4 is 31.4 Å². The Morgan fingerprint density at radius 2 is 2.00 bits per heavy atom. The first-order valence-electron chi connectivity index (χ1n) is 3.39. The van der Waals surface area contributed by atoms with Crippen molar-refractivity contribution in [2.24, 2.45) is 0 Å². The molecule has 0 aliphatic rings. The summed E-state index contributed by atoms with van der Waals surface area (Å²) < 4.78 is 0. The third kappa shape index (κ3) is 9.03. The average molecular weight is 230 g/mol.